The Labute approximate surface area is 127 Å². The van der Waals surface area contributed by atoms with Crippen molar-refractivity contribution in [1.82, 2.24) is 10.2 Å². The van der Waals surface area contributed by atoms with Gasteiger partial charge < -0.3 is 10.2 Å². The second-order valence-corrected chi connectivity index (χ2v) is 7.57. The number of hydrogen-bond acceptors (Lipinski definition) is 3. The minimum atomic E-state index is -0.309. The molecule has 2 rings (SSSR count). The zero-order valence-electron chi connectivity index (χ0n) is 11.5. The zero-order chi connectivity index (χ0) is 13.9. The van der Waals surface area contributed by atoms with Crippen LogP contribution >= 0.6 is 27.3 Å². The van der Waals surface area contributed by atoms with Crippen molar-refractivity contribution >= 4 is 33.2 Å². The predicted molar refractivity (Wildman–Crippen MR) is 83.4 cm³/mol. The molecule has 1 unspecified atom stereocenters. The van der Waals surface area contributed by atoms with E-state index in [4.69, 9.17) is 0 Å². The summed E-state index contributed by atoms with van der Waals surface area (Å²) in [5, 5.41) is 5.54. The first-order valence-electron chi connectivity index (χ1n) is 6.81. The van der Waals surface area contributed by atoms with Crippen molar-refractivity contribution in [1.29, 1.82) is 0 Å². The van der Waals surface area contributed by atoms with Crippen LogP contribution in [-0.2, 0) is 11.3 Å². The van der Waals surface area contributed by atoms with Crippen LogP contribution in [0.5, 0.6) is 0 Å². The van der Waals surface area contributed by atoms with E-state index in [-0.39, 0.29) is 11.4 Å². The van der Waals surface area contributed by atoms with Gasteiger partial charge in [-0.15, -0.1) is 11.3 Å². The molecule has 19 heavy (non-hydrogen) atoms. The molecule has 1 amide bonds. The molecule has 2 heterocycles. The first-order valence-corrected chi connectivity index (χ1v) is 8.48. The van der Waals surface area contributed by atoms with Crippen molar-refractivity contribution < 1.29 is 4.79 Å². The molecule has 1 aromatic heterocycles. The Kier molecular flexibility index (Phi) is 5.03. The SMILES string of the molecule is CCCC1(C(=O)N(C)Cc2csc(Br)c2)CCCN1. The number of nitrogens with zero attached hydrogens (tertiary/aromatic N) is 1. The van der Waals surface area contributed by atoms with E-state index in [1.165, 1.54) is 5.56 Å². The predicted octanol–water partition coefficient (Wildman–Crippen LogP) is 3.39. The lowest BCUT2D eigenvalue weighted by Crippen LogP contribution is -2.53. The Morgan fingerprint density at radius 1 is 1.63 bits per heavy atom. The van der Waals surface area contributed by atoms with Gasteiger partial charge in [0.25, 0.3) is 0 Å². The van der Waals surface area contributed by atoms with E-state index in [0.29, 0.717) is 6.54 Å². The van der Waals surface area contributed by atoms with Gasteiger partial charge in [0.15, 0.2) is 0 Å². The van der Waals surface area contributed by atoms with Crippen molar-refractivity contribution in [2.75, 3.05) is 13.6 Å². The van der Waals surface area contributed by atoms with Gasteiger partial charge >= 0.3 is 0 Å². The highest BCUT2D eigenvalue weighted by Gasteiger charge is 2.41. The van der Waals surface area contributed by atoms with Crippen LogP contribution in [0.1, 0.15) is 38.2 Å². The molecular weight excluding hydrogens is 324 g/mol. The van der Waals surface area contributed by atoms with E-state index in [1.54, 1.807) is 11.3 Å². The molecule has 0 saturated carbocycles. The molecule has 1 fully saturated rings. The standard InChI is InChI=1S/C14H21BrN2OS/c1-3-5-14(6-4-7-16-14)13(18)17(2)9-11-8-12(15)19-10-11/h8,10,16H,3-7,9H2,1-2H3. The molecule has 5 heteroatoms. The third kappa shape index (κ3) is 3.38. The molecule has 0 aliphatic carbocycles. The normalized spacial score (nSPS) is 22.7. The minimum Gasteiger partial charge on any atom is -0.340 e. The van der Waals surface area contributed by atoms with Crippen LogP contribution in [0.15, 0.2) is 15.2 Å². The summed E-state index contributed by atoms with van der Waals surface area (Å²) >= 11 is 5.13. The van der Waals surface area contributed by atoms with Crippen LogP contribution in [0.4, 0.5) is 0 Å². The summed E-state index contributed by atoms with van der Waals surface area (Å²) < 4.78 is 1.12. The number of carbonyl (C=O) groups excluding carboxylic acids is 1. The quantitative estimate of drug-likeness (QED) is 0.887. The maximum atomic E-state index is 12.7. The van der Waals surface area contributed by atoms with Gasteiger partial charge in [0.2, 0.25) is 5.91 Å². The molecule has 1 saturated heterocycles. The highest BCUT2D eigenvalue weighted by molar-refractivity contribution is 9.11. The number of likely N-dealkylation sites (N-methyl/N-ethyl adjacent to an activating group) is 1. The zero-order valence-corrected chi connectivity index (χ0v) is 13.9. The second kappa shape index (κ2) is 6.37. The monoisotopic (exact) mass is 344 g/mol. The van der Waals surface area contributed by atoms with Crippen LogP contribution in [-0.4, -0.2) is 29.9 Å². The van der Waals surface area contributed by atoms with Gasteiger partial charge in [-0.05, 0) is 58.7 Å². The van der Waals surface area contributed by atoms with E-state index >= 15 is 0 Å². The van der Waals surface area contributed by atoms with E-state index in [2.05, 4.69) is 39.6 Å². The maximum Gasteiger partial charge on any atom is 0.242 e. The average molecular weight is 345 g/mol. The lowest BCUT2D eigenvalue weighted by Gasteiger charge is -2.32. The van der Waals surface area contributed by atoms with Gasteiger partial charge in [-0.3, -0.25) is 4.79 Å². The molecule has 3 nitrogen and oxygen atoms in total. The lowest BCUT2D eigenvalue weighted by atomic mass is 9.90. The van der Waals surface area contributed by atoms with Crippen molar-refractivity contribution in [2.24, 2.45) is 0 Å². The van der Waals surface area contributed by atoms with E-state index in [0.717, 1.165) is 36.0 Å². The van der Waals surface area contributed by atoms with Crippen molar-refractivity contribution in [2.45, 2.75) is 44.7 Å². The summed E-state index contributed by atoms with van der Waals surface area (Å²) in [5.41, 5.74) is 0.883. The minimum absolute atomic E-state index is 0.245. The summed E-state index contributed by atoms with van der Waals surface area (Å²) in [5.74, 6) is 0.245. The fourth-order valence-electron chi connectivity index (χ4n) is 2.88. The molecule has 106 valence electrons. The van der Waals surface area contributed by atoms with Crippen molar-refractivity contribution in [3.8, 4) is 0 Å². The van der Waals surface area contributed by atoms with E-state index in [9.17, 15) is 4.79 Å². The van der Waals surface area contributed by atoms with E-state index < -0.39 is 0 Å². The second-order valence-electron chi connectivity index (χ2n) is 5.28. The third-order valence-corrected chi connectivity index (χ3v) is 5.27. The molecule has 0 radical (unpaired) electrons. The highest BCUT2D eigenvalue weighted by atomic mass is 79.9. The molecule has 0 spiro atoms. The number of rotatable bonds is 5. The maximum absolute atomic E-state index is 12.7. The van der Waals surface area contributed by atoms with Gasteiger partial charge in [0, 0.05) is 13.6 Å². The number of thiophene rings is 1. The Balaban J connectivity index is 2.04. The molecule has 1 N–H and O–H groups in total. The Morgan fingerprint density at radius 3 is 2.95 bits per heavy atom. The Hall–Kier alpha value is -0.390. The number of halogens is 1. The van der Waals surface area contributed by atoms with Crippen molar-refractivity contribution in [3.05, 3.63) is 20.8 Å². The van der Waals surface area contributed by atoms with Crippen LogP contribution in [0.2, 0.25) is 0 Å². The molecule has 1 aliphatic heterocycles. The fourth-order valence-corrected chi connectivity index (χ4v) is 4.08. The summed E-state index contributed by atoms with van der Waals surface area (Å²) in [6.07, 6.45) is 4.04. The summed E-state index contributed by atoms with van der Waals surface area (Å²) in [7, 11) is 1.91. The molecule has 0 aromatic carbocycles. The van der Waals surface area contributed by atoms with Crippen LogP contribution in [0.25, 0.3) is 0 Å². The molecule has 1 aliphatic rings. The molecule has 1 aromatic rings. The summed E-state index contributed by atoms with van der Waals surface area (Å²) in [6, 6.07) is 2.09. The third-order valence-electron chi connectivity index (χ3n) is 3.72. The summed E-state index contributed by atoms with van der Waals surface area (Å²) in [6.45, 7) is 3.79. The molecular formula is C14H21BrN2OS. The van der Waals surface area contributed by atoms with Gasteiger partial charge in [0.05, 0.1) is 9.33 Å². The largest absolute Gasteiger partial charge is 0.340 e. The number of amides is 1. The first-order chi connectivity index (χ1) is 9.07. The Morgan fingerprint density at radius 2 is 2.42 bits per heavy atom. The topological polar surface area (TPSA) is 32.3 Å². The van der Waals surface area contributed by atoms with Crippen LogP contribution in [0, 0.1) is 0 Å². The molecule has 1 atom stereocenters. The van der Waals surface area contributed by atoms with Crippen LogP contribution < -0.4 is 5.32 Å². The Bertz CT molecular complexity index is 440. The average Bonchev–Trinajstić information content (AvgIpc) is 2.99. The fraction of sp³-hybridized carbons (Fsp3) is 0.643. The van der Waals surface area contributed by atoms with Crippen molar-refractivity contribution in [3.63, 3.8) is 0 Å². The van der Waals surface area contributed by atoms with E-state index in [1.807, 2.05) is 11.9 Å². The number of nitrogens with one attached hydrogen (secondary N) is 1. The summed E-state index contributed by atoms with van der Waals surface area (Å²) in [4.78, 5) is 14.6. The lowest BCUT2D eigenvalue weighted by molar-refractivity contribution is -0.137. The van der Waals surface area contributed by atoms with Gasteiger partial charge in [-0.2, -0.15) is 0 Å². The number of hydrogen-bond donors (Lipinski definition) is 1. The van der Waals surface area contributed by atoms with Gasteiger partial charge in [0.1, 0.15) is 0 Å². The molecule has 0 bridgehead atoms. The van der Waals surface area contributed by atoms with Gasteiger partial charge in [-0.25, -0.2) is 0 Å². The first kappa shape index (κ1) is 15.0. The number of carbonyl (C=O) groups is 1. The van der Waals surface area contributed by atoms with Gasteiger partial charge in [-0.1, -0.05) is 13.3 Å². The smallest absolute Gasteiger partial charge is 0.242 e. The van der Waals surface area contributed by atoms with Crippen LogP contribution in [0.3, 0.4) is 0 Å². The highest BCUT2D eigenvalue weighted by Crippen LogP contribution is 2.28.